The molecule has 0 spiro atoms. The third-order valence-electron chi connectivity index (χ3n) is 2.32. The molecule has 0 bridgehead atoms. The maximum absolute atomic E-state index is 12.0. The highest BCUT2D eigenvalue weighted by Gasteiger charge is 2.17. The average Bonchev–Trinajstić information content (AvgIpc) is 2.26. The van der Waals surface area contributed by atoms with E-state index in [1.165, 1.54) is 3.57 Å². The molecule has 1 rings (SSSR count). The lowest BCUT2D eigenvalue weighted by atomic mass is 10.2. The highest BCUT2D eigenvalue weighted by atomic mass is 127. The zero-order chi connectivity index (χ0) is 11.3. The van der Waals surface area contributed by atoms with Gasteiger partial charge in [0, 0.05) is 15.9 Å². The van der Waals surface area contributed by atoms with Crippen molar-refractivity contribution in [2.45, 2.75) is 20.5 Å². The van der Waals surface area contributed by atoms with E-state index in [1.54, 1.807) is 0 Å². The van der Waals surface area contributed by atoms with Crippen LogP contribution in [0.2, 0.25) is 0 Å². The van der Waals surface area contributed by atoms with Gasteiger partial charge >= 0.3 is 0 Å². The van der Waals surface area contributed by atoms with Crippen molar-refractivity contribution < 1.29 is 9.09 Å². The van der Waals surface area contributed by atoms with Gasteiger partial charge in [-0.1, -0.05) is 26.0 Å². The highest BCUT2D eigenvalue weighted by Crippen LogP contribution is 2.46. The second-order valence-electron chi connectivity index (χ2n) is 3.35. The van der Waals surface area contributed by atoms with Crippen LogP contribution in [-0.2, 0) is 15.7 Å². The van der Waals surface area contributed by atoms with Gasteiger partial charge in [-0.05, 0) is 40.3 Å². The van der Waals surface area contributed by atoms with Crippen LogP contribution in [0.15, 0.2) is 24.3 Å². The molecule has 2 nitrogen and oxygen atoms in total. The van der Waals surface area contributed by atoms with Crippen molar-refractivity contribution in [2.75, 3.05) is 12.3 Å². The predicted octanol–water partition coefficient (Wildman–Crippen LogP) is 4.13. The summed E-state index contributed by atoms with van der Waals surface area (Å²) < 4.78 is 18.7. The van der Waals surface area contributed by atoms with Crippen molar-refractivity contribution in [1.29, 1.82) is 0 Å². The second kappa shape index (κ2) is 6.02. The summed E-state index contributed by atoms with van der Waals surface area (Å²) >= 11 is 2.26. The van der Waals surface area contributed by atoms with Crippen molar-refractivity contribution in [3.8, 4) is 0 Å². The maximum atomic E-state index is 12.0. The minimum absolute atomic E-state index is 0.454. The summed E-state index contributed by atoms with van der Waals surface area (Å²) in [6, 6.07) is 8.07. The summed E-state index contributed by atoms with van der Waals surface area (Å²) in [6.07, 6.45) is 1.24. The molecule has 0 atom stereocenters. The molecular formula is C11H16IO2P. The van der Waals surface area contributed by atoms with E-state index in [9.17, 15) is 4.57 Å². The van der Waals surface area contributed by atoms with Gasteiger partial charge < -0.3 is 4.52 Å². The third kappa shape index (κ3) is 4.25. The van der Waals surface area contributed by atoms with Crippen LogP contribution in [0.25, 0.3) is 0 Å². The first-order valence-electron chi connectivity index (χ1n) is 5.06. The smallest absolute Gasteiger partial charge is 0.202 e. The monoisotopic (exact) mass is 338 g/mol. The van der Waals surface area contributed by atoms with Crippen LogP contribution in [0.5, 0.6) is 0 Å². The fourth-order valence-corrected chi connectivity index (χ4v) is 3.03. The van der Waals surface area contributed by atoms with Gasteiger partial charge in [-0.25, -0.2) is 0 Å². The third-order valence-corrected chi connectivity index (χ3v) is 5.52. The number of rotatable bonds is 5. The molecule has 1 aromatic rings. The van der Waals surface area contributed by atoms with E-state index in [2.05, 4.69) is 28.7 Å². The van der Waals surface area contributed by atoms with Crippen molar-refractivity contribution >= 4 is 30.0 Å². The molecular weight excluding hydrogens is 322 g/mol. The summed E-state index contributed by atoms with van der Waals surface area (Å²) in [5.41, 5.74) is 1.09. The number of benzene rings is 1. The first-order chi connectivity index (χ1) is 7.09. The molecule has 0 amide bonds. The van der Waals surface area contributed by atoms with Gasteiger partial charge in [0.1, 0.15) is 0 Å². The molecule has 4 heteroatoms. The molecule has 0 saturated carbocycles. The largest absolute Gasteiger partial charge is 0.324 e. The van der Waals surface area contributed by atoms with Crippen LogP contribution in [0.3, 0.4) is 0 Å². The molecule has 0 aliphatic carbocycles. The normalized spacial score (nSPS) is 11.7. The lowest BCUT2D eigenvalue weighted by Gasteiger charge is -2.14. The Morgan fingerprint density at radius 1 is 1.33 bits per heavy atom. The fraction of sp³-hybridized carbons (Fsp3) is 0.455. The van der Waals surface area contributed by atoms with E-state index >= 15 is 0 Å². The molecule has 84 valence electrons. The standard InChI is InChI=1S/C11H16IO2P/c1-3-15(13,4-2)14-9-10-6-5-7-11(12)8-10/h5-8H,3-4,9H2,1-2H3. The van der Waals surface area contributed by atoms with Crippen molar-refractivity contribution in [3.63, 3.8) is 0 Å². The van der Waals surface area contributed by atoms with Crippen molar-refractivity contribution in [3.05, 3.63) is 33.4 Å². The lowest BCUT2D eigenvalue weighted by Crippen LogP contribution is -1.96. The van der Waals surface area contributed by atoms with E-state index in [0.29, 0.717) is 18.9 Å². The van der Waals surface area contributed by atoms with Crippen molar-refractivity contribution in [2.24, 2.45) is 0 Å². The topological polar surface area (TPSA) is 26.3 Å². The Morgan fingerprint density at radius 2 is 2.00 bits per heavy atom. The van der Waals surface area contributed by atoms with Crippen LogP contribution >= 0.6 is 30.0 Å². The van der Waals surface area contributed by atoms with Gasteiger partial charge in [-0.15, -0.1) is 0 Å². The Labute approximate surface area is 105 Å². The Hall–Kier alpha value is 0.140. The first-order valence-corrected chi connectivity index (χ1v) is 8.14. The second-order valence-corrected chi connectivity index (χ2v) is 7.75. The number of hydrogen-bond acceptors (Lipinski definition) is 2. The van der Waals surface area contributed by atoms with Gasteiger partial charge in [0.25, 0.3) is 0 Å². The first kappa shape index (κ1) is 13.2. The molecule has 0 radical (unpaired) electrons. The Morgan fingerprint density at radius 3 is 2.53 bits per heavy atom. The molecule has 0 unspecified atom stereocenters. The van der Waals surface area contributed by atoms with Crippen LogP contribution in [0, 0.1) is 3.57 Å². The SMILES string of the molecule is CCP(=O)(CC)OCc1cccc(I)c1. The molecule has 15 heavy (non-hydrogen) atoms. The summed E-state index contributed by atoms with van der Waals surface area (Å²) in [5, 5.41) is 0. The summed E-state index contributed by atoms with van der Waals surface area (Å²) in [5.74, 6) is 0. The van der Waals surface area contributed by atoms with Gasteiger partial charge in [0.15, 0.2) is 0 Å². The minimum atomic E-state index is -2.36. The molecule has 0 fully saturated rings. The molecule has 1 aromatic carbocycles. The Bertz CT molecular complexity index is 357. The summed E-state index contributed by atoms with van der Waals surface area (Å²) in [4.78, 5) is 0. The average molecular weight is 338 g/mol. The van der Waals surface area contributed by atoms with Crippen LogP contribution in [0.4, 0.5) is 0 Å². The van der Waals surface area contributed by atoms with Gasteiger partial charge in [-0.3, -0.25) is 4.57 Å². The molecule has 0 aliphatic rings. The summed E-state index contributed by atoms with van der Waals surface area (Å²) in [7, 11) is -2.36. The van der Waals surface area contributed by atoms with E-state index in [1.807, 2.05) is 32.0 Å². The molecule has 0 saturated heterocycles. The molecule has 0 aromatic heterocycles. The minimum Gasteiger partial charge on any atom is -0.324 e. The van der Waals surface area contributed by atoms with E-state index in [-0.39, 0.29) is 0 Å². The maximum Gasteiger partial charge on any atom is 0.202 e. The number of halogens is 1. The van der Waals surface area contributed by atoms with Gasteiger partial charge in [-0.2, -0.15) is 0 Å². The van der Waals surface area contributed by atoms with Gasteiger partial charge in [0.2, 0.25) is 7.37 Å². The molecule has 0 heterocycles. The van der Waals surface area contributed by atoms with E-state index in [4.69, 9.17) is 4.52 Å². The highest BCUT2D eigenvalue weighted by molar-refractivity contribution is 14.1. The quantitative estimate of drug-likeness (QED) is 0.596. The predicted molar refractivity (Wildman–Crippen MR) is 72.6 cm³/mol. The van der Waals surface area contributed by atoms with Crippen molar-refractivity contribution in [1.82, 2.24) is 0 Å². The van der Waals surface area contributed by atoms with Gasteiger partial charge in [0.05, 0.1) is 6.61 Å². The zero-order valence-corrected chi connectivity index (χ0v) is 12.1. The Kier molecular flexibility index (Phi) is 5.30. The Balaban J connectivity index is 2.61. The number of hydrogen-bond donors (Lipinski definition) is 0. The summed E-state index contributed by atoms with van der Waals surface area (Å²) in [6.45, 7) is 4.29. The van der Waals surface area contributed by atoms with E-state index in [0.717, 1.165) is 5.56 Å². The fourth-order valence-electron chi connectivity index (χ4n) is 1.23. The van der Waals surface area contributed by atoms with Crippen LogP contribution < -0.4 is 0 Å². The molecule has 0 N–H and O–H groups in total. The lowest BCUT2D eigenvalue weighted by molar-refractivity contribution is 0.304. The van der Waals surface area contributed by atoms with E-state index < -0.39 is 7.37 Å². The molecule has 0 aliphatic heterocycles. The zero-order valence-electron chi connectivity index (χ0n) is 9.07. The van der Waals surface area contributed by atoms with Crippen LogP contribution in [-0.4, -0.2) is 12.3 Å². The van der Waals surface area contributed by atoms with Crippen LogP contribution in [0.1, 0.15) is 19.4 Å².